The van der Waals surface area contributed by atoms with Gasteiger partial charge < -0.3 is 14.6 Å². The van der Waals surface area contributed by atoms with Gasteiger partial charge in [-0.2, -0.15) is 0 Å². The maximum absolute atomic E-state index is 13.4. The summed E-state index contributed by atoms with van der Waals surface area (Å²) in [4.78, 5) is 29.7. The Morgan fingerprint density at radius 2 is 2.16 bits per heavy atom. The molecule has 0 radical (unpaired) electrons. The van der Waals surface area contributed by atoms with Crippen molar-refractivity contribution in [1.82, 2.24) is 14.9 Å². The minimum absolute atomic E-state index is 0.136. The maximum atomic E-state index is 13.4. The minimum atomic E-state index is -0.448. The second kappa shape index (κ2) is 7.02. The highest BCUT2D eigenvalue weighted by Gasteiger charge is 2.18. The molecule has 0 spiro atoms. The largest absolute Gasteiger partial charge is 0.489 e. The van der Waals surface area contributed by atoms with Crippen LogP contribution in [0.1, 0.15) is 15.2 Å². The summed E-state index contributed by atoms with van der Waals surface area (Å²) in [6.45, 7) is 2.08. The van der Waals surface area contributed by atoms with Crippen LogP contribution in [-0.4, -0.2) is 28.6 Å². The zero-order chi connectivity index (χ0) is 18.0. The lowest BCUT2D eigenvalue weighted by Crippen LogP contribution is -2.28. The van der Waals surface area contributed by atoms with Crippen LogP contribution in [0.5, 0.6) is 5.75 Å². The zero-order valence-corrected chi connectivity index (χ0v) is 14.5. The van der Waals surface area contributed by atoms with Gasteiger partial charge in [-0.25, -0.2) is 9.37 Å². The Morgan fingerprint density at radius 3 is 2.92 bits per heavy atom. The number of thiophene rings is 1. The molecule has 8 heteroatoms. The number of amides is 1. The highest BCUT2D eigenvalue weighted by atomic mass is 32.1. The molecule has 0 aliphatic rings. The van der Waals surface area contributed by atoms with Crippen LogP contribution >= 0.6 is 11.3 Å². The van der Waals surface area contributed by atoms with Crippen LogP contribution in [-0.2, 0) is 7.05 Å². The first-order valence-corrected chi connectivity index (χ1v) is 8.41. The second-order valence-electron chi connectivity index (χ2n) is 5.43. The van der Waals surface area contributed by atoms with Gasteiger partial charge in [-0.15, -0.1) is 11.3 Å². The monoisotopic (exact) mass is 361 g/mol. The molecule has 6 nitrogen and oxygen atoms in total. The number of carbonyl (C=O) groups is 1. The van der Waals surface area contributed by atoms with Gasteiger partial charge in [-0.1, -0.05) is 12.1 Å². The number of aromatic nitrogens is 2. The lowest BCUT2D eigenvalue weighted by Gasteiger charge is -2.08. The summed E-state index contributed by atoms with van der Waals surface area (Å²) in [6.07, 6.45) is 1.44. The number of hydrogen-bond acceptors (Lipinski definition) is 5. The van der Waals surface area contributed by atoms with E-state index < -0.39 is 5.82 Å². The van der Waals surface area contributed by atoms with Gasteiger partial charge in [0.15, 0.2) is 11.6 Å². The number of aryl methyl sites for hydroxylation is 2. The molecule has 3 rings (SSSR count). The van der Waals surface area contributed by atoms with Crippen LogP contribution < -0.4 is 15.6 Å². The lowest BCUT2D eigenvalue weighted by atomic mass is 10.2. The Balaban J connectivity index is 1.67. The Kier molecular flexibility index (Phi) is 4.80. The number of nitrogens with zero attached hydrogens (tertiary/aromatic N) is 2. The van der Waals surface area contributed by atoms with Crippen molar-refractivity contribution in [1.29, 1.82) is 0 Å². The van der Waals surface area contributed by atoms with E-state index in [1.807, 2.05) is 0 Å². The summed E-state index contributed by atoms with van der Waals surface area (Å²) >= 11 is 1.17. The first kappa shape index (κ1) is 17.1. The number of carbonyl (C=O) groups excluding carboxylic acids is 1. The van der Waals surface area contributed by atoms with Gasteiger partial charge in [0.05, 0.1) is 23.1 Å². The summed E-state index contributed by atoms with van der Waals surface area (Å²) in [6, 6.07) is 6.08. The van der Waals surface area contributed by atoms with Crippen LogP contribution in [0.15, 0.2) is 35.4 Å². The van der Waals surface area contributed by atoms with E-state index in [0.717, 1.165) is 0 Å². The van der Waals surface area contributed by atoms with Crippen LogP contribution in [0.2, 0.25) is 0 Å². The maximum Gasteiger partial charge on any atom is 0.262 e. The third kappa shape index (κ3) is 3.39. The predicted octanol–water partition coefficient (Wildman–Crippen LogP) is 2.25. The molecule has 2 aromatic heterocycles. The summed E-state index contributed by atoms with van der Waals surface area (Å²) in [5.74, 6) is -0.613. The second-order valence-corrected chi connectivity index (χ2v) is 6.43. The van der Waals surface area contributed by atoms with Gasteiger partial charge in [-0.05, 0) is 24.6 Å². The Labute approximate surface area is 146 Å². The number of ether oxygens (including phenoxy) is 1. The van der Waals surface area contributed by atoms with E-state index in [0.29, 0.717) is 20.7 Å². The van der Waals surface area contributed by atoms with Crippen molar-refractivity contribution in [3.63, 3.8) is 0 Å². The molecule has 25 heavy (non-hydrogen) atoms. The predicted molar refractivity (Wildman–Crippen MR) is 93.8 cm³/mol. The molecule has 0 saturated carbocycles. The zero-order valence-electron chi connectivity index (χ0n) is 13.7. The lowest BCUT2D eigenvalue weighted by molar-refractivity contribution is 0.0950. The molecule has 3 aromatic rings. The fraction of sp³-hybridized carbons (Fsp3) is 0.235. The molecule has 0 fully saturated rings. The highest BCUT2D eigenvalue weighted by molar-refractivity contribution is 7.20. The molecular formula is C17H16FN3O3S. The Morgan fingerprint density at radius 1 is 1.40 bits per heavy atom. The van der Waals surface area contributed by atoms with Gasteiger partial charge in [0.25, 0.3) is 11.5 Å². The van der Waals surface area contributed by atoms with Crippen LogP contribution in [0, 0.1) is 12.7 Å². The molecular weight excluding hydrogens is 345 g/mol. The highest BCUT2D eigenvalue weighted by Crippen LogP contribution is 2.26. The van der Waals surface area contributed by atoms with E-state index in [9.17, 15) is 14.0 Å². The van der Waals surface area contributed by atoms with Crippen LogP contribution in [0.4, 0.5) is 4.39 Å². The summed E-state index contributed by atoms with van der Waals surface area (Å²) in [5.41, 5.74) is 0.432. The standard InChI is InChI=1S/C17H16FN3O3S/c1-10-13-16(20-9-21(2)17(13)23)25-14(10)15(22)19-7-8-24-12-6-4-3-5-11(12)18/h3-6,9H,7-8H2,1-2H3,(H,19,22). The smallest absolute Gasteiger partial charge is 0.262 e. The number of para-hydroxylation sites is 1. The number of fused-ring (bicyclic) bond motifs is 1. The molecule has 0 atom stereocenters. The van der Waals surface area contributed by atoms with Gasteiger partial charge >= 0.3 is 0 Å². The molecule has 0 aliphatic heterocycles. The molecule has 0 saturated heterocycles. The van der Waals surface area contributed by atoms with E-state index >= 15 is 0 Å². The molecule has 1 aromatic carbocycles. The van der Waals surface area contributed by atoms with Crippen molar-refractivity contribution in [3.05, 3.63) is 57.2 Å². The van der Waals surface area contributed by atoms with Crippen LogP contribution in [0.3, 0.4) is 0 Å². The van der Waals surface area contributed by atoms with Crippen molar-refractivity contribution in [2.24, 2.45) is 7.05 Å². The summed E-state index contributed by atoms with van der Waals surface area (Å²) < 4.78 is 20.1. The quantitative estimate of drug-likeness (QED) is 0.708. The van der Waals surface area contributed by atoms with Gasteiger partial charge in [-0.3, -0.25) is 9.59 Å². The van der Waals surface area contributed by atoms with E-state index in [2.05, 4.69) is 10.3 Å². The minimum Gasteiger partial charge on any atom is -0.489 e. The van der Waals surface area contributed by atoms with Crippen molar-refractivity contribution < 1.29 is 13.9 Å². The topological polar surface area (TPSA) is 73.2 Å². The fourth-order valence-electron chi connectivity index (χ4n) is 2.39. The normalized spacial score (nSPS) is 10.8. The Bertz CT molecular complexity index is 996. The van der Waals surface area contributed by atoms with Gasteiger partial charge in [0.1, 0.15) is 11.4 Å². The van der Waals surface area contributed by atoms with Crippen molar-refractivity contribution in [2.75, 3.05) is 13.2 Å². The number of hydrogen-bond donors (Lipinski definition) is 1. The average molecular weight is 361 g/mol. The van der Waals surface area contributed by atoms with Crippen molar-refractivity contribution in [3.8, 4) is 5.75 Å². The third-order valence-corrected chi connectivity index (χ3v) is 4.90. The fourth-order valence-corrected chi connectivity index (χ4v) is 3.45. The number of halogens is 1. The van der Waals surface area contributed by atoms with Gasteiger partial charge in [0.2, 0.25) is 0 Å². The molecule has 0 bridgehead atoms. The molecule has 1 N–H and O–H groups in total. The van der Waals surface area contributed by atoms with Crippen LogP contribution in [0.25, 0.3) is 10.2 Å². The molecule has 130 valence electrons. The van der Waals surface area contributed by atoms with E-state index in [4.69, 9.17) is 4.74 Å². The van der Waals surface area contributed by atoms with Crippen molar-refractivity contribution in [2.45, 2.75) is 6.92 Å². The molecule has 0 aliphatic carbocycles. The van der Waals surface area contributed by atoms with Crippen molar-refractivity contribution >= 4 is 27.5 Å². The Hall–Kier alpha value is -2.74. The molecule has 0 unspecified atom stereocenters. The van der Waals surface area contributed by atoms with Gasteiger partial charge in [0, 0.05) is 7.05 Å². The van der Waals surface area contributed by atoms with E-state index in [1.165, 1.54) is 34.4 Å². The van der Waals surface area contributed by atoms with E-state index in [-0.39, 0.29) is 30.4 Å². The van der Waals surface area contributed by atoms with E-state index in [1.54, 1.807) is 26.1 Å². The molecule has 2 heterocycles. The number of nitrogens with one attached hydrogen (secondary N) is 1. The number of rotatable bonds is 5. The summed E-state index contributed by atoms with van der Waals surface area (Å²) in [7, 11) is 1.62. The first-order valence-electron chi connectivity index (χ1n) is 7.59. The SMILES string of the molecule is Cc1c(C(=O)NCCOc2ccccc2F)sc2ncn(C)c(=O)c12. The molecule has 1 amide bonds. The number of benzene rings is 1. The third-order valence-electron chi connectivity index (χ3n) is 3.70. The average Bonchev–Trinajstić information content (AvgIpc) is 2.94. The summed E-state index contributed by atoms with van der Waals surface area (Å²) in [5, 5.41) is 3.17. The first-order chi connectivity index (χ1) is 12.0.